The molecular formula is C18H22N2O3S. The van der Waals surface area contributed by atoms with Crippen LogP contribution in [0.1, 0.15) is 31.1 Å². The normalized spacial score (nSPS) is 12.0. The highest BCUT2D eigenvalue weighted by atomic mass is 32.2. The van der Waals surface area contributed by atoms with E-state index < -0.39 is 9.84 Å². The lowest BCUT2D eigenvalue weighted by Crippen LogP contribution is -2.38. The summed E-state index contributed by atoms with van der Waals surface area (Å²) in [6.45, 7) is 6.68. The second-order valence-electron chi connectivity index (χ2n) is 6.96. The van der Waals surface area contributed by atoms with Crippen LogP contribution in [-0.2, 0) is 9.84 Å². The summed E-state index contributed by atoms with van der Waals surface area (Å²) in [4.78, 5) is 18.9. The van der Waals surface area contributed by atoms with Gasteiger partial charge in [-0.1, -0.05) is 20.8 Å². The maximum Gasteiger partial charge on any atom is 0.258 e. The first-order valence-corrected chi connectivity index (χ1v) is 9.49. The standard InChI is InChI=1S/C18H22N2O3S/c1-18(2,3)13-20(15-6-5-11-19-12-15)17(21)14-7-9-16(10-8-14)24(4,22)23/h5-12H,13H2,1-4H3. The van der Waals surface area contributed by atoms with E-state index in [9.17, 15) is 13.2 Å². The Morgan fingerprint density at radius 3 is 2.21 bits per heavy atom. The number of amides is 1. The molecule has 0 aliphatic rings. The van der Waals surface area contributed by atoms with Crippen LogP contribution in [0.15, 0.2) is 53.7 Å². The summed E-state index contributed by atoms with van der Waals surface area (Å²) in [5, 5.41) is 0. The van der Waals surface area contributed by atoms with Crippen LogP contribution >= 0.6 is 0 Å². The maximum atomic E-state index is 12.9. The Morgan fingerprint density at radius 2 is 1.75 bits per heavy atom. The van der Waals surface area contributed by atoms with Gasteiger partial charge in [0.15, 0.2) is 9.84 Å². The maximum absolute atomic E-state index is 12.9. The average Bonchev–Trinajstić information content (AvgIpc) is 2.51. The third kappa shape index (κ3) is 4.64. The summed E-state index contributed by atoms with van der Waals surface area (Å²) in [5.74, 6) is -0.182. The molecule has 0 unspecified atom stereocenters. The van der Waals surface area contributed by atoms with Gasteiger partial charge in [0.25, 0.3) is 5.91 Å². The zero-order valence-corrected chi connectivity index (χ0v) is 15.2. The number of rotatable bonds is 4. The molecule has 0 atom stereocenters. The lowest BCUT2D eigenvalue weighted by atomic mass is 9.95. The molecule has 1 heterocycles. The van der Waals surface area contributed by atoms with Crippen molar-refractivity contribution >= 4 is 21.4 Å². The number of benzene rings is 1. The average molecular weight is 346 g/mol. The van der Waals surface area contributed by atoms with E-state index in [-0.39, 0.29) is 16.2 Å². The van der Waals surface area contributed by atoms with Gasteiger partial charge in [0, 0.05) is 24.6 Å². The molecule has 1 aromatic carbocycles. The molecule has 0 saturated carbocycles. The van der Waals surface area contributed by atoms with E-state index in [0.29, 0.717) is 17.8 Å². The number of nitrogens with zero attached hydrogens (tertiary/aromatic N) is 2. The summed E-state index contributed by atoms with van der Waals surface area (Å²) in [6, 6.07) is 9.63. The largest absolute Gasteiger partial charge is 0.306 e. The second kappa shape index (κ2) is 6.73. The zero-order chi connectivity index (χ0) is 18.0. The Bertz CT molecular complexity index is 808. The minimum absolute atomic E-state index is 0.0990. The van der Waals surface area contributed by atoms with E-state index in [1.165, 1.54) is 12.1 Å². The van der Waals surface area contributed by atoms with Gasteiger partial charge in [-0.3, -0.25) is 9.78 Å². The van der Waals surface area contributed by atoms with E-state index in [0.717, 1.165) is 6.26 Å². The molecule has 0 aliphatic carbocycles. The van der Waals surface area contributed by atoms with Gasteiger partial charge >= 0.3 is 0 Å². The first kappa shape index (κ1) is 18.1. The van der Waals surface area contributed by atoms with E-state index in [1.807, 2.05) is 6.07 Å². The number of sulfone groups is 1. The number of carbonyl (C=O) groups is 1. The van der Waals surface area contributed by atoms with Crippen molar-refractivity contribution in [2.45, 2.75) is 25.7 Å². The predicted molar refractivity (Wildman–Crippen MR) is 94.9 cm³/mol. The summed E-state index contributed by atoms with van der Waals surface area (Å²) in [7, 11) is -3.28. The highest BCUT2D eigenvalue weighted by Gasteiger charge is 2.24. The summed E-state index contributed by atoms with van der Waals surface area (Å²) >= 11 is 0. The van der Waals surface area contributed by atoms with Crippen LogP contribution in [0.3, 0.4) is 0 Å². The van der Waals surface area contributed by atoms with Crippen molar-refractivity contribution in [3.8, 4) is 0 Å². The quantitative estimate of drug-likeness (QED) is 0.853. The molecule has 6 heteroatoms. The summed E-state index contributed by atoms with van der Waals surface area (Å²) in [5.41, 5.74) is 1.05. The fourth-order valence-electron chi connectivity index (χ4n) is 2.27. The van der Waals surface area contributed by atoms with Crippen LogP contribution in [0, 0.1) is 5.41 Å². The van der Waals surface area contributed by atoms with Gasteiger partial charge in [-0.15, -0.1) is 0 Å². The molecule has 0 N–H and O–H groups in total. The van der Waals surface area contributed by atoms with Crippen LogP contribution in [0.2, 0.25) is 0 Å². The molecule has 2 rings (SSSR count). The molecule has 1 amide bonds. The van der Waals surface area contributed by atoms with E-state index in [1.54, 1.807) is 35.5 Å². The number of anilines is 1. The Labute approximate surface area is 143 Å². The topological polar surface area (TPSA) is 67.3 Å². The molecule has 0 radical (unpaired) electrons. The smallest absolute Gasteiger partial charge is 0.258 e. The highest BCUT2D eigenvalue weighted by molar-refractivity contribution is 7.90. The number of hydrogen-bond donors (Lipinski definition) is 0. The molecule has 0 fully saturated rings. The Morgan fingerprint density at radius 1 is 1.12 bits per heavy atom. The highest BCUT2D eigenvalue weighted by Crippen LogP contribution is 2.23. The zero-order valence-electron chi connectivity index (χ0n) is 14.4. The number of carbonyl (C=O) groups excluding carboxylic acids is 1. The fourth-order valence-corrected chi connectivity index (χ4v) is 2.90. The molecule has 2 aromatic rings. The molecule has 1 aromatic heterocycles. The Hall–Kier alpha value is -2.21. The number of aromatic nitrogens is 1. The minimum atomic E-state index is -3.28. The fraction of sp³-hybridized carbons (Fsp3) is 0.333. The van der Waals surface area contributed by atoms with Crippen LogP contribution in [0.5, 0.6) is 0 Å². The molecule has 0 bridgehead atoms. The lowest BCUT2D eigenvalue weighted by molar-refractivity contribution is 0.0977. The van der Waals surface area contributed by atoms with E-state index in [4.69, 9.17) is 0 Å². The third-order valence-electron chi connectivity index (χ3n) is 3.36. The van der Waals surface area contributed by atoms with Crippen molar-refractivity contribution in [3.63, 3.8) is 0 Å². The van der Waals surface area contributed by atoms with Gasteiger partial charge in [0.2, 0.25) is 0 Å². The SMILES string of the molecule is CC(C)(C)CN(C(=O)c1ccc(S(C)(=O)=O)cc1)c1cccnc1. The monoisotopic (exact) mass is 346 g/mol. The van der Waals surface area contributed by atoms with Gasteiger partial charge in [-0.25, -0.2) is 8.42 Å². The first-order valence-electron chi connectivity index (χ1n) is 7.60. The van der Waals surface area contributed by atoms with Crippen molar-refractivity contribution in [2.24, 2.45) is 5.41 Å². The summed E-state index contributed by atoms with van der Waals surface area (Å²) in [6.07, 6.45) is 4.45. The molecular weight excluding hydrogens is 324 g/mol. The second-order valence-corrected chi connectivity index (χ2v) is 8.98. The predicted octanol–water partition coefficient (Wildman–Crippen LogP) is 3.18. The summed E-state index contributed by atoms with van der Waals surface area (Å²) < 4.78 is 23.1. The van der Waals surface area contributed by atoms with Crippen molar-refractivity contribution in [1.29, 1.82) is 0 Å². The molecule has 24 heavy (non-hydrogen) atoms. The Balaban J connectivity index is 2.37. The van der Waals surface area contributed by atoms with Crippen molar-refractivity contribution < 1.29 is 13.2 Å². The first-order chi connectivity index (χ1) is 11.1. The molecule has 0 saturated heterocycles. The van der Waals surface area contributed by atoms with Crippen LogP contribution in [-0.4, -0.2) is 32.1 Å². The van der Waals surface area contributed by atoms with E-state index in [2.05, 4.69) is 25.8 Å². The van der Waals surface area contributed by atoms with Crippen LogP contribution in [0.25, 0.3) is 0 Å². The van der Waals surface area contributed by atoms with Crippen molar-refractivity contribution in [3.05, 3.63) is 54.4 Å². The Kier molecular flexibility index (Phi) is 5.08. The van der Waals surface area contributed by atoms with Gasteiger partial charge in [-0.2, -0.15) is 0 Å². The molecule has 0 aliphatic heterocycles. The minimum Gasteiger partial charge on any atom is -0.306 e. The lowest BCUT2D eigenvalue weighted by Gasteiger charge is -2.30. The molecule has 5 nitrogen and oxygen atoms in total. The van der Waals surface area contributed by atoms with Gasteiger partial charge < -0.3 is 4.90 Å². The van der Waals surface area contributed by atoms with Gasteiger partial charge in [0.05, 0.1) is 16.8 Å². The molecule has 0 spiro atoms. The third-order valence-corrected chi connectivity index (χ3v) is 4.49. The van der Waals surface area contributed by atoms with Gasteiger partial charge in [0.1, 0.15) is 0 Å². The van der Waals surface area contributed by atoms with Crippen LogP contribution < -0.4 is 4.90 Å². The van der Waals surface area contributed by atoms with Gasteiger partial charge in [-0.05, 0) is 41.8 Å². The number of hydrogen-bond acceptors (Lipinski definition) is 4. The number of pyridine rings is 1. The molecule has 128 valence electrons. The van der Waals surface area contributed by atoms with E-state index >= 15 is 0 Å². The van der Waals surface area contributed by atoms with Crippen LogP contribution in [0.4, 0.5) is 5.69 Å². The van der Waals surface area contributed by atoms with Crippen molar-refractivity contribution in [2.75, 3.05) is 17.7 Å². The van der Waals surface area contributed by atoms with Crippen molar-refractivity contribution in [1.82, 2.24) is 4.98 Å².